The largest absolute Gasteiger partial charge is 0.493 e. The van der Waals surface area contributed by atoms with Gasteiger partial charge in [-0.25, -0.2) is 5.43 Å². The van der Waals surface area contributed by atoms with Gasteiger partial charge in [0.25, 0.3) is 0 Å². The summed E-state index contributed by atoms with van der Waals surface area (Å²) in [6.07, 6.45) is 2.91. The highest BCUT2D eigenvalue weighted by Crippen LogP contribution is 2.27. The van der Waals surface area contributed by atoms with Gasteiger partial charge in [0.1, 0.15) is 0 Å². The van der Waals surface area contributed by atoms with Crippen LogP contribution in [0.2, 0.25) is 0 Å². The maximum Gasteiger partial charge on any atom is 0.245 e. The molecule has 1 heterocycles. The molecule has 1 aromatic heterocycles. The first-order valence-corrected chi connectivity index (χ1v) is 9.11. The maximum absolute atomic E-state index is 11.8. The molecule has 0 spiro atoms. The van der Waals surface area contributed by atoms with E-state index >= 15 is 0 Å². The number of methoxy groups -OCH3 is 1. The van der Waals surface area contributed by atoms with Crippen molar-refractivity contribution in [2.24, 2.45) is 11.0 Å². The molecule has 0 saturated heterocycles. The van der Waals surface area contributed by atoms with Gasteiger partial charge in [-0.1, -0.05) is 19.9 Å². The number of hydrazone groups is 1. The topological polar surface area (TPSA) is 59.9 Å². The zero-order chi connectivity index (χ0) is 18.1. The third-order valence-electron chi connectivity index (χ3n) is 3.46. The smallest absolute Gasteiger partial charge is 0.245 e. The number of amides is 1. The fraction of sp³-hybridized carbons (Fsp3) is 0.368. The summed E-state index contributed by atoms with van der Waals surface area (Å²) in [5, 5.41) is 5.94. The van der Waals surface area contributed by atoms with E-state index in [0.717, 1.165) is 16.9 Å². The minimum absolute atomic E-state index is 0.140. The monoisotopic (exact) mass is 360 g/mol. The van der Waals surface area contributed by atoms with Crippen molar-refractivity contribution in [1.29, 1.82) is 0 Å². The van der Waals surface area contributed by atoms with E-state index in [2.05, 4.69) is 24.4 Å². The van der Waals surface area contributed by atoms with Gasteiger partial charge in [-0.3, -0.25) is 4.79 Å². The lowest BCUT2D eigenvalue weighted by atomic mass is 10.1. The van der Waals surface area contributed by atoms with E-state index in [9.17, 15) is 4.79 Å². The first kappa shape index (κ1) is 19.0. The van der Waals surface area contributed by atoms with Crippen LogP contribution in [0.4, 0.5) is 0 Å². The second-order valence-electron chi connectivity index (χ2n) is 5.99. The Bertz CT molecular complexity index is 697. The molecule has 2 rings (SSSR count). The van der Waals surface area contributed by atoms with Gasteiger partial charge in [-0.2, -0.15) is 5.10 Å². The summed E-state index contributed by atoms with van der Waals surface area (Å²) in [6.45, 7) is 4.97. The third kappa shape index (κ3) is 6.58. The van der Waals surface area contributed by atoms with Crippen LogP contribution in [-0.4, -0.2) is 25.8 Å². The average molecular weight is 360 g/mol. The van der Waals surface area contributed by atoms with Crippen molar-refractivity contribution in [3.05, 3.63) is 46.2 Å². The fourth-order valence-electron chi connectivity index (χ4n) is 2.08. The molecule has 0 aliphatic rings. The van der Waals surface area contributed by atoms with E-state index in [4.69, 9.17) is 9.47 Å². The number of carbonyl (C=O) groups is 1. The molecule has 5 nitrogen and oxygen atoms in total. The van der Waals surface area contributed by atoms with Gasteiger partial charge in [0.15, 0.2) is 11.5 Å². The Kier molecular flexibility index (Phi) is 7.47. The van der Waals surface area contributed by atoms with Gasteiger partial charge in [0.2, 0.25) is 5.91 Å². The molecule has 0 saturated carbocycles. The summed E-state index contributed by atoms with van der Waals surface area (Å²) < 4.78 is 11.1. The predicted octanol–water partition coefficient (Wildman–Crippen LogP) is 3.87. The van der Waals surface area contributed by atoms with E-state index in [1.165, 1.54) is 0 Å². The van der Waals surface area contributed by atoms with Gasteiger partial charge in [-0.15, -0.1) is 11.3 Å². The average Bonchev–Trinajstić information content (AvgIpc) is 3.08. The van der Waals surface area contributed by atoms with Crippen LogP contribution in [-0.2, 0) is 11.2 Å². The first-order valence-electron chi connectivity index (χ1n) is 8.23. The van der Waals surface area contributed by atoms with Gasteiger partial charge >= 0.3 is 0 Å². The summed E-state index contributed by atoms with van der Waals surface area (Å²) in [6, 6.07) is 9.42. The summed E-state index contributed by atoms with van der Waals surface area (Å²) in [5.74, 6) is 1.81. The van der Waals surface area contributed by atoms with Crippen LogP contribution in [0.5, 0.6) is 11.5 Å². The van der Waals surface area contributed by atoms with E-state index in [-0.39, 0.29) is 5.91 Å². The highest BCUT2D eigenvalue weighted by Gasteiger charge is 2.06. The Morgan fingerprint density at radius 2 is 2.16 bits per heavy atom. The lowest BCUT2D eigenvalue weighted by molar-refractivity contribution is -0.120. The molecule has 1 aromatic carbocycles. The zero-order valence-electron chi connectivity index (χ0n) is 14.8. The summed E-state index contributed by atoms with van der Waals surface area (Å²) >= 11 is 1.55. The first-order chi connectivity index (χ1) is 12.1. The summed E-state index contributed by atoms with van der Waals surface area (Å²) in [7, 11) is 1.61. The highest BCUT2D eigenvalue weighted by atomic mass is 32.1. The number of nitrogens with zero attached hydrogens (tertiary/aromatic N) is 1. The van der Waals surface area contributed by atoms with Crippen LogP contribution in [0.3, 0.4) is 0 Å². The molecule has 1 N–H and O–H groups in total. The molecule has 0 fully saturated rings. The number of ether oxygens (including phenoxy) is 2. The van der Waals surface area contributed by atoms with Crippen LogP contribution in [0, 0.1) is 5.92 Å². The van der Waals surface area contributed by atoms with Crippen LogP contribution in [0.25, 0.3) is 0 Å². The van der Waals surface area contributed by atoms with E-state index in [0.29, 0.717) is 30.4 Å². The van der Waals surface area contributed by atoms with Crippen molar-refractivity contribution in [3.8, 4) is 11.5 Å². The SMILES string of the molecule is COc1cc(/C=N/NC(=O)Cc2cccs2)ccc1OCCC(C)C. The molecule has 0 unspecified atom stereocenters. The minimum atomic E-state index is -0.140. The molecule has 2 aromatic rings. The number of benzene rings is 1. The Hall–Kier alpha value is -2.34. The van der Waals surface area contributed by atoms with Crippen LogP contribution in [0.1, 0.15) is 30.7 Å². The number of carbonyl (C=O) groups excluding carboxylic acids is 1. The lowest BCUT2D eigenvalue weighted by Crippen LogP contribution is -2.19. The zero-order valence-corrected chi connectivity index (χ0v) is 15.6. The van der Waals surface area contributed by atoms with Crippen LogP contribution >= 0.6 is 11.3 Å². The van der Waals surface area contributed by atoms with Gasteiger partial charge in [-0.05, 0) is 47.5 Å². The van der Waals surface area contributed by atoms with Crippen LogP contribution < -0.4 is 14.9 Å². The van der Waals surface area contributed by atoms with Gasteiger partial charge in [0.05, 0.1) is 26.4 Å². The van der Waals surface area contributed by atoms with Crippen molar-refractivity contribution in [2.75, 3.05) is 13.7 Å². The Morgan fingerprint density at radius 3 is 2.84 bits per heavy atom. The maximum atomic E-state index is 11.8. The number of rotatable bonds is 9. The molecule has 134 valence electrons. The van der Waals surface area contributed by atoms with Crippen LogP contribution in [0.15, 0.2) is 40.8 Å². The number of thiophene rings is 1. The molecule has 0 aliphatic heterocycles. The summed E-state index contributed by atoms with van der Waals surface area (Å²) in [5.41, 5.74) is 3.36. The molecule has 0 radical (unpaired) electrons. The number of hydrogen-bond acceptors (Lipinski definition) is 5. The Labute approximate surface area is 152 Å². The van der Waals surface area contributed by atoms with Crippen molar-refractivity contribution in [3.63, 3.8) is 0 Å². The Balaban J connectivity index is 1.89. The van der Waals surface area contributed by atoms with E-state index in [1.54, 1.807) is 24.7 Å². The lowest BCUT2D eigenvalue weighted by Gasteiger charge is -2.12. The second-order valence-corrected chi connectivity index (χ2v) is 7.02. The van der Waals surface area contributed by atoms with E-state index < -0.39 is 0 Å². The van der Waals surface area contributed by atoms with E-state index in [1.807, 2.05) is 35.7 Å². The summed E-state index contributed by atoms with van der Waals surface area (Å²) in [4.78, 5) is 12.8. The quantitative estimate of drug-likeness (QED) is 0.545. The standard InChI is InChI=1S/C19H24N2O3S/c1-14(2)8-9-24-17-7-6-15(11-18(17)23-3)13-20-21-19(22)12-16-5-4-10-25-16/h4-7,10-11,13-14H,8-9,12H2,1-3H3,(H,21,22)/b20-13+. The second kappa shape index (κ2) is 9.84. The van der Waals surface area contributed by atoms with Gasteiger partial charge < -0.3 is 9.47 Å². The van der Waals surface area contributed by atoms with Gasteiger partial charge in [0, 0.05) is 4.88 Å². The van der Waals surface area contributed by atoms with Crippen molar-refractivity contribution in [1.82, 2.24) is 5.43 Å². The highest BCUT2D eigenvalue weighted by molar-refractivity contribution is 7.10. The molecule has 1 amide bonds. The van der Waals surface area contributed by atoms with Crippen molar-refractivity contribution < 1.29 is 14.3 Å². The van der Waals surface area contributed by atoms with Crippen molar-refractivity contribution in [2.45, 2.75) is 26.7 Å². The predicted molar refractivity (Wildman–Crippen MR) is 102 cm³/mol. The third-order valence-corrected chi connectivity index (χ3v) is 4.33. The number of hydrogen-bond donors (Lipinski definition) is 1. The molecule has 25 heavy (non-hydrogen) atoms. The molecular formula is C19H24N2O3S. The molecule has 0 aliphatic carbocycles. The van der Waals surface area contributed by atoms with Crippen molar-refractivity contribution >= 4 is 23.5 Å². The normalized spacial score (nSPS) is 11.0. The molecule has 0 bridgehead atoms. The Morgan fingerprint density at radius 1 is 1.32 bits per heavy atom. The molecule has 0 atom stereocenters. The molecular weight excluding hydrogens is 336 g/mol. The minimum Gasteiger partial charge on any atom is -0.493 e. The molecule has 6 heteroatoms. The fourth-order valence-corrected chi connectivity index (χ4v) is 2.78. The number of nitrogens with one attached hydrogen (secondary N) is 1.